The monoisotopic (exact) mass is 327 g/mol. The zero-order valence-electron chi connectivity index (χ0n) is 14.4. The van der Waals surface area contributed by atoms with Gasteiger partial charge in [-0.25, -0.2) is 0 Å². The predicted molar refractivity (Wildman–Crippen MR) is 96.2 cm³/mol. The summed E-state index contributed by atoms with van der Waals surface area (Å²) < 4.78 is 0. The van der Waals surface area contributed by atoms with Crippen molar-refractivity contribution in [2.75, 3.05) is 19.6 Å². The van der Waals surface area contributed by atoms with Gasteiger partial charge in [0.1, 0.15) is 0 Å². The summed E-state index contributed by atoms with van der Waals surface area (Å²) in [4.78, 5) is 28.7. The number of benzene rings is 1. The molecule has 2 N–H and O–H groups in total. The Morgan fingerprint density at radius 3 is 2.79 bits per heavy atom. The van der Waals surface area contributed by atoms with E-state index in [1.54, 1.807) is 0 Å². The maximum atomic E-state index is 12.2. The molecule has 1 aliphatic rings. The van der Waals surface area contributed by atoms with E-state index in [2.05, 4.69) is 29.4 Å². The number of carbonyl (C=O) groups excluding carboxylic acids is 1. The molecule has 128 valence electrons. The molecule has 1 aromatic heterocycles. The molecule has 5 heteroatoms. The first-order valence-electron chi connectivity index (χ1n) is 8.66. The summed E-state index contributed by atoms with van der Waals surface area (Å²) in [6.45, 7) is 7.12. The fraction of sp³-hybridized carbons (Fsp3) is 0.474. The fourth-order valence-electron chi connectivity index (χ4n) is 3.42. The van der Waals surface area contributed by atoms with Gasteiger partial charge in [0.15, 0.2) is 0 Å². The number of likely N-dealkylation sites (tertiary alicyclic amines) is 1. The smallest absolute Gasteiger partial charge is 0.252 e. The van der Waals surface area contributed by atoms with E-state index >= 15 is 0 Å². The van der Waals surface area contributed by atoms with Crippen LogP contribution >= 0.6 is 0 Å². The Morgan fingerprint density at radius 2 is 2.04 bits per heavy atom. The minimum atomic E-state index is -0.0309. The number of nitrogens with one attached hydrogen (secondary N) is 2. The summed E-state index contributed by atoms with van der Waals surface area (Å²) in [6, 6.07) is 6.15. The van der Waals surface area contributed by atoms with Gasteiger partial charge in [-0.15, -0.1) is 0 Å². The lowest BCUT2D eigenvalue weighted by molar-refractivity contribution is -0.127. The van der Waals surface area contributed by atoms with E-state index in [1.807, 2.05) is 17.9 Å². The standard InChI is InChI=1S/C19H25N3O2/c1-13-9-14(2)18-15(10-13)11-16(19(24)21-18)12-20-6-4-8-22-7-3-5-17(22)23/h9-11,20H,3-8,12H2,1-2H3,(H,21,24). The van der Waals surface area contributed by atoms with Gasteiger partial charge in [-0.05, 0) is 56.3 Å². The summed E-state index contributed by atoms with van der Waals surface area (Å²) in [5.74, 6) is 0.270. The molecule has 5 nitrogen and oxygen atoms in total. The summed E-state index contributed by atoms with van der Waals surface area (Å²) in [5.41, 5.74) is 3.93. The molecule has 0 aliphatic carbocycles. The first-order valence-corrected chi connectivity index (χ1v) is 8.66. The molecular formula is C19H25N3O2. The van der Waals surface area contributed by atoms with E-state index in [0.717, 1.165) is 54.5 Å². The second-order valence-electron chi connectivity index (χ2n) is 6.68. The third-order valence-corrected chi connectivity index (χ3v) is 4.64. The van der Waals surface area contributed by atoms with Gasteiger partial charge < -0.3 is 15.2 Å². The number of carbonyl (C=O) groups is 1. The molecule has 0 radical (unpaired) electrons. The largest absolute Gasteiger partial charge is 0.343 e. The lowest BCUT2D eigenvalue weighted by Crippen LogP contribution is -2.29. The van der Waals surface area contributed by atoms with Crippen LogP contribution < -0.4 is 10.9 Å². The zero-order chi connectivity index (χ0) is 17.1. The average Bonchev–Trinajstić information content (AvgIpc) is 2.93. The molecule has 1 fully saturated rings. The maximum absolute atomic E-state index is 12.2. The summed E-state index contributed by atoms with van der Waals surface area (Å²) in [7, 11) is 0. The van der Waals surface area contributed by atoms with Crippen LogP contribution in [-0.2, 0) is 11.3 Å². The van der Waals surface area contributed by atoms with Crippen molar-refractivity contribution in [3.8, 4) is 0 Å². The number of rotatable bonds is 6. The Bertz CT molecular complexity index is 810. The van der Waals surface area contributed by atoms with Crippen molar-refractivity contribution < 1.29 is 4.79 Å². The van der Waals surface area contributed by atoms with Crippen LogP contribution in [0.2, 0.25) is 0 Å². The number of amides is 1. The zero-order valence-corrected chi connectivity index (χ0v) is 14.4. The van der Waals surface area contributed by atoms with E-state index in [9.17, 15) is 9.59 Å². The van der Waals surface area contributed by atoms with Crippen LogP contribution in [0.4, 0.5) is 0 Å². The Hall–Kier alpha value is -2.14. The number of fused-ring (bicyclic) bond motifs is 1. The van der Waals surface area contributed by atoms with E-state index in [1.165, 1.54) is 5.56 Å². The minimum Gasteiger partial charge on any atom is -0.343 e. The minimum absolute atomic E-state index is 0.0309. The van der Waals surface area contributed by atoms with Gasteiger partial charge in [-0.3, -0.25) is 9.59 Å². The highest BCUT2D eigenvalue weighted by Gasteiger charge is 2.18. The topological polar surface area (TPSA) is 65.2 Å². The van der Waals surface area contributed by atoms with E-state index < -0.39 is 0 Å². The van der Waals surface area contributed by atoms with Crippen LogP contribution in [0.3, 0.4) is 0 Å². The second-order valence-corrected chi connectivity index (χ2v) is 6.68. The molecule has 2 aromatic rings. The summed E-state index contributed by atoms with van der Waals surface area (Å²) in [6.07, 6.45) is 2.59. The molecule has 0 atom stereocenters. The van der Waals surface area contributed by atoms with Gasteiger partial charge in [-0.2, -0.15) is 0 Å². The Morgan fingerprint density at radius 1 is 1.21 bits per heavy atom. The highest BCUT2D eigenvalue weighted by Crippen LogP contribution is 2.18. The van der Waals surface area contributed by atoms with E-state index in [4.69, 9.17) is 0 Å². The van der Waals surface area contributed by atoms with Crippen molar-refractivity contribution in [1.29, 1.82) is 0 Å². The van der Waals surface area contributed by atoms with Crippen LogP contribution in [-0.4, -0.2) is 35.4 Å². The van der Waals surface area contributed by atoms with E-state index in [0.29, 0.717) is 13.0 Å². The second kappa shape index (κ2) is 7.18. The van der Waals surface area contributed by atoms with Crippen LogP contribution in [0.15, 0.2) is 23.0 Å². The molecule has 1 amide bonds. The highest BCUT2D eigenvalue weighted by atomic mass is 16.2. The molecule has 1 saturated heterocycles. The molecule has 1 aromatic carbocycles. The molecule has 0 unspecified atom stereocenters. The van der Waals surface area contributed by atoms with E-state index in [-0.39, 0.29) is 11.5 Å². The number of aromatic nitrogens is 1. The van der Waals surface area contributed by atoms with Gasteiger partial charge in [-0.1, -0.05) is 11.6 Å². The Kier molecular flexibility index (Phi) is 5.00. The lowest BCUT2D eigenvalue weighted by Gasteiger charge is -2.15. The van der Waals surface area contributed by atoms with Gasteiger partial charge in [0, 0.05) is 31.6 Å². The third-order valence-electron chi connectivity index (χ3n) is 4.64. The van der Waals surface area contributed by atoms with Crippen molar-refractivity contribution >= 4 is 16.8 Å². The quantitative estimate of drug-likeness (QED) is 0.800. The van der Waals surface area contributed by atoms with Gasteiger partial charge >= 0.3 is 0 Å². The van der Waals surface area contributed by atoms with Crippen LogP contribution in [0, 0.1) is 13.8 Å². The normalized spacial score (nSPS) is 14.8. The lowest BCUT2D eigenvalue weighted by atomic mass is 10.1. The van der Waals surface area contributed by atoms with Crippen molar-refractivity contribution in [3.05, 3.63) is 45.2 Å². The number of aromatic amines is 1. The van der Waals surface area contributed by atoms with Gasteiger partial charge in [0.2, 0.25) is 5.91 Å². The highest BCUT2D eigenvalue weighted by molar-refractivity contribution is 5.82. The van der Waals surface area contributed by atoms with Gasteiger partial charge in [0.05, 0.1) is 5.52 Å². The molecule has 0 bridgehead atoms. The third kappa shape index (κ3) is 3.67. The molecule has 1 aliphatic heterocycles. The number of hydrogen-bond donors (Lipinski definition) is 2. The van der Waals surface area contributed by atoms with Gasteiger partial charge in [0.25, 0.3) is 5.56 Å². The van der Waals surface area contributed by atoms with Crippen LogP contribution in [0.5, 0.6) is 0 Å². The Balaban J connectivity index is 1.58. The molecule has 0 saturated carbocycles. The van der Waals surface area contributed by atoms with Crippen molar-refractivity contribution in [2.45, 2.75) is 39.7 Å². The average molecular weight is 327 g/mol. The summed E-state index contributed by atoms with van der Waals surface area (Å²) >= 11 is 0. The SMILES string of the molecule is Cc1cc(C)c2[nH]c(=O)c(CNCCCN3CCCC3=O)cc2c1. The molecule has 3 rings (SSSR count). The molecular weight excluding hydrogens is 302 g/mol. The van der Waals surface area contributed by atoms with Crippen molar-refractivity contribution in [2.24, 2.45) is 0 Å². The number of nitrogens with zero attached hydrogens (tertiary/aromatic N) is 1. The molecule has 0 spiro atoms. The number of pyridine rings is 1. The maximum Gasteiger partial charge on any atom is 0.252 e. The first-order chi connectivity index (χ1) is 11.5. The Labute approximate surface area is 142 Å². The predicted octanol–water partition coefficient (Wildman–Crippen LogP) is 2.25. The van der Waals surface area contributed by atoms with Crippen molar-refractivity contribution in [3.63, 3.8) is 0 Å². The summed E-state index contributed by atoms with van der Waals surface area (Å²) in [5, 5.41) is 4.39. The van der Waals surface area contributed by atoms with Crippen LogP contribution in [0.25, 0.3) is 10.9 Å². The first kappa shape index (κ1) is 16.7. The number of H-pyrrole nitrogens is 1. The molecule has 2 heterocycles. The number of hydrogen-bond acceptors (Lipinski definition) is 3. The number of aryl methyl sites for hydroxylation is 2. The van der Waals surface area contributed by atoms with Crippen LogP contribution in [0.1, 0.15) is 36.0 Å². The van der Waals surface area contributed by atoms with Crippen molar-refractivity contribution in [1.82, 2.24) is 15.2 Å². The molecule has 24 heavy (non-hydrogen) atoms. The fourth-order valence-corrected chi connectivity index (χ4v) is 3.42.